The van der Waals surface area contributed by atoms with Crippen LogP contribution in [-0.2, 0) is 0 Å². The summed E-state index contributed by atoms with van der Waals surface area (Å²) in [4.78, 5) is 21.2. The number of nitrogens with zero attached hydrogens (tertiary/aromatic N) is 3. The number of anilines is 1. The number of para-hydroxylation sites is 1. The molecule has 4 aromatic rings. The van der Waals surface area contributed by atoms with Gasteiger partial charge in [0.2, 0.25) is 0 Å². The lowest BCUT2D eigenvalue weighted by Gasteiger charge is -2.35. The maximum absolute atomic E-state index is 11.7. The number of halogens is 1. The summed E-state index contributed by atoms with van der Waals surface area (Å²) >= 11 is 0. The average molecular weight is 452 g/mol. The minimum Gasteiger partial charge on any atom is -0.492 e. The highest BCUT2D eigenvalue weighted by Gasteiger charge is 2.19. The van der Waals surface area contributed by atoms with Crippen molar-refractivity contribution in [1.29, 1.82) is 0 Å². The van der Waals surface area contributed by atoms with E-state index in [9.17, 15) is 4.79 Å². The van der Waals surface area contributed by atoms with Crippen LogP contribution in [0.5, 0.6) is 5.75 Å². The van der Waals surface area contributed by atoms with E-state index in [-0.39, 0.29) is 18.0 Å². The predicted molar refractivity (Wildman–Crippen MR) is 130 cm³/mol. The summed E-state index contributed by atoms with van der Waals surface area (Å²) in [5.74, 6) is 1.68. The quantitative estimate of drug-likeness (QED) is 0.321. The van der Waals surface area contributed by atoms with Crippen molar-refractivity contribution in [2.75, 3.05) is 44.2 Å². The van der Waals surface area contributed by atoms with E-state index in [1.54, 1.807) is 6.07 Å². The zero-order valence-electron chi connectivity index (χ0n) is 17.8. The van der Waals surface area contributed by atoms with E-state index in [1.807, 2.05) is 24.4 Å². The second kappa shape index (κ2) is 10.0. The van der Waals surface area contributed by atoms with Crippen molar-refractivity contribution in [1.82, 2.24) is 9.88 Å². The maximum Gasteiger partial charge on any atom is 0.339 e. The molecule has 5 rings (SSSR count). The molecule has 0 unspecified atom stereocenters. The van der Waals surface area contributed by atoms with Gasteiger partial charge in [-0.1, -0.05) is 36.4 Å². The molecule has 1 aliphatic rings. The second-order valence-electron chi connectivity index (χ2n) is 7.81. The molecule has 1 aliphatic heterocycles. The fourth-order valence-corrected chi connectivity index (χ4v) is 4.21. The molecule has 6 nitrogen and oxygen atoms in total. The molecule has 2 aromatic heterocycles. The summed E-state index contributed by atoms with van der Waals surface area (Å²) in [6, 6.07) is 19.4. The van der Waals surface area contributed by atoms with Gasteiger partial charge in [-0.25, -0.2) is 9.78 Å². The van der Waals surface area contributed by atoms with Crippen LogP contribution in [0.3, 0.4) is 0 Å². The van der Waals surface area contributed by atoms with E-state index in [0.29, 0.717) is 17.9 Å². The molecule has 1 saturated heterocycles. The number of ether oxygens (including phenoxy) is 1. The minimum atomic E-state index is -0.383. The highest BCUT2D eigenvalue weighted by molar-refractivity contribution is 5.92. The van der Waals surface area contributed by atoms with Crippen LogP contribution in [0.2, 0.25) is 0 Å². The Labute approximate surface area is 192 Å². The molecule has 0 radical (unpaired) electrons. The summed E-state index contributed by atoms with van der Waals surface area (Å²) in [6.07, 6.45) is 2.80. The average Bonchev–Trinajstić information content (AvgIpc) is 2.82. The largest absolute Gasteiger partial charge is 0.492 e. The van der Waals surface area contributed by atoms with Gasteiger partial charge in [-0.05, 0) is 30.0 Å². The van der Waals surface area contributed by atoms with E-state index in [1.165, 1.54) is 16.8 Å². The van der Waals surface area contributed by atoms with Crippen LogP contribution < -0.4 is 15.3 Å². The van der Waals surface area contributed by atoms with Gasteiger partial charge in [0.05, 0.1) is 18.1 Å². The lowest BCUT2D eigenvalue weighted by Crippen LogP contribution is -2.47. The summed E-state index contributed by atoms with van der Waals surface area (Å²) in [5.41, 5.74) is 0.176. The Bertz CT molecular complexity index is 1250. The third-order valence-electron chi connectivity index (χ3n) is 5.81. The molecule has 0 aliphatic carbocycles. The van der Waals surface area contributed by atoms with Crippen molar-refractivity contribution >= 4 is 40.0 Å². The molecular weight excluding hydrogens is 426 g/mol. The number of aromatic nitrogens is 1. The van der Waals surface area contributed by atoms with Crippen molar-refractivity contribution in [3.05, 3.63) is 77.3 Å². The number of piperazine rings is 1. The first-order chi connectivity index (χ1) is 15.3. The van der Waals surface area contributed by atoms with Gasteiger partial charge in [-0.2, -0.15) is 0 Å². The fraction of sp³-hybridized carbons (Fsp3) is 0.280. The van der Waals surface area contributed by atoms with Crippen LogP contribution in [0.15, 0.2) is 76.1 Å². The van der Waals surface area contributed by atoms with Gasteiger partial charge in [0.25, 0.3) is 0 Å². The molecular formula is C25H26ClN3O3. The Morgan fingerprint density at radius 3 is 2.53 bits per heavy atom. The molecule has 166 valence electrons. The SMILES string of the molecule is Cl.O=c1cc(OCCCN2CCN(c3nccc4ccccc34)CC2)c2ccccc2o1. The normalized spacial score (nSPS) is 14.4. The lowest BCUT2D eigenvalue weighted by atomic mass is 10.1. The molecule has 3 heterocycles. The smallest absolute Gasteiger partial charge is 0.339 e. The van der Waals surface area contributed by atoms with E-state index < -0.39 is 0 Å². The van der Waals surface area contributed by atoms with Gasteiger partial charge >= 0.3 is 5.63 Å². The van der Waals surface area contributed by atoms with Gasteiger partial charge < -0.3 is 14.1 Å². The maximum atomic E-state index is 11.7. The fourth-order valence-electron chi connectivity index (χ4n) is 4.21. The minimum absolute atomic E-state index is 0. The second-order valence-corrected chi connectivity index (χ2v) is 7.81. The molecule has 32 heavy (non-hydrogen) atoms. The Kier molecular flexibility index (Phi) is 6.93. The summed E-state index contributed by atoms with van der Waals surface area (Å²) in [6.45, 7) is 5.47. The molecule has 0 bridgehead atoms. The van der Waals surface area contributed by atoms with Crippen LogP contribution in [0.1, 0.15) is 6.42 Å². The summed E-state index contributed by atoms with van der Waals surface area (Å²) < 4.78 is 11.1. The Morgan fingerprint density at radius 1 is 0.938 bits per heavy atom. The zero-order valence-corrected chi connectivity index (χ0v) is 18.6. The first-order valence-electron chi connectivity index (χ1n) is 10.7. The molecule has 2 aromatic carbocycles. The zero-order chi connectivity index (χ0) is 21.0. The highest BCUT2D eigenvalue weighted by atomic mass is 35.5. The lowest BCUT2D eigenvalue weighted by molar-refractivity contribution is 0.225. The van der Waals surface area contributed by atoms with Gasteiger partial charge in [-0.15, -0.1) is 12.4 Å². The molecule has 7 heteroatoms. The van der Waals surface area contributed by atoms with E-state index in [2.05, 4.69) is 45.1 Å². The van der Waals surface area contributed by atoms with E-state index in [0.717, 1.165) is 50.3 Å². The molecule has 0 saturated carbocycles. The van der Waals surface area contributed by atoms with Gasteiger partial charge in [0, 0.05) is 44.3 Å². The van der Waals surface area contributed by atoms with E-state index in [4.69, 9.17) is 9.15 Å². The summed E-state index contributed by atoms with van der Waals surface area (Å²) in [7, 11) is 0. The van der Waals surface area contributed by atoms with Gasteiger partial charge in [0.1, 0.15) is 17.2 Å². The number of rotatable bonds is 6. The van der Waals surface area contributed by atoms with Crippen molar-refractivity contribution in [2.45, 2.75) is 6.42 Å². The van der Waals surface area contributed by atoms with Crippen LogP contribution in [0.4, 0.5) is 5.82 Å². The number of hydrogen-bond acceptors (Lipinski definition) is 6. The van der Waals surface area contributed by atoms with Crippen molar-refractivity contribution in [3.8, 4) is 5.75 Å². The predicted octanol–water partition coefficient (Wildman–Crippen LogP) is 4.35. The molecule has 0 spiro atoms. The Balaban J connectivity index is 0.00000245. The number of fused-ring (bicyclic) bond motifs is 2. The standard InChI is InChI=1S/C25H25N3O3.ClH/c29-24-18-23(21-8-3-4-9-22(21)31-24)30-17-5-12-27-13-15-28(16-14-27)25-20-7-2-1-6-19(20)10-11-26-25;/h1-4,6-11,18H,5,12-17H2;1H. The highest BCUT2D eigenvalue weighted by Crippen LogP contribution is 2.25. The van der Waals surface area contributed by atoms with Crippen LogP contribution in [0.25, 0.3) is 21.7 Å². The molecule has 0 atom stereocenters. The Hall–Kier alpha value is -3.09. The van der Waals surface area contributed by atoms with Crippen LogP contribution in [0, 0.1) is 0 Å². The van der Waals surface area contributed by atoms with Gasteiger partial charge in [-0.3, -0.25) is 4.90 Å². The first-order valence-corrected chi connectivity index (χ1v) is 10.7. The third-order valence-corrected chi connectivity index (χ3v) is 5.81. The van der Waals surface area contributed by atoms with Crippen LogP contribution >= 0.6 is 12.4 Å². The number of pyridine rings is 1. The third kappa shape index (κ3) is 4.71. The molecule has 0 N–H and O–H groups in total. The summed E-state index contributed by atoms with van der Waals surface area (Å²) in [5, 5.41) is 3.28. The van der Waals surface area contributed by atoms with E-state index >= 15 is 0 Å². The van der Waals surface area contributed by atoms with Crippen molar-refractivity contribution in [2.24, 2.45) is 0 Å². The van der Waals surface area contributed by atoms with Gasteiger partial charge in [0.15, 0.2) is 0 Å². The number of hydrogen-bond donors (Lipinski definition) is 0. The molecule has 1 fully saturated rings. The van der Waals surface area contributed by atoms with Crippen molar-refractivity contribution in [3.63, 3.8) is 0 Å². The topological polar surface area (TPSA) is 58.8 Å². The van der Waals surface area contributed by atoms with Crippen LogP contribution in [-0.4, -0.2) is 49.2 Å². The molecule has 0 amide bonds. The first kappa shape index (κ1) is 22.1. The monoisotopic (exact) mass is 451 g/mol. The van der Waals surface area contributed by atoms with Crippen molar-refractivity contribution < 1.29 is 9.15 Å². The Morgan fingerprint density at radius 2 is 1.69 bits per heavy atom. The number of benzene rings is 2.